The van der Waals surface area contributed by atoms with Crippen LogP contribution in [0.3, 0.4) is 0 Å². The van der Waals surface area contributed by atoms with E-state index in [9.17, 15) is 9.59 Å². The van der Waals surface area contributed by atoms with Crippen molar-refractivity contribution >= 4 is 17.6 Å². The number of aromatic nitrogens is 1. The molecule has 1 heterocycles. The summed E-state index contributed by atoms with van der Waals surface area (Å²) in [6.45, 7) is 2.58. The van der Waals surface area contributed by atoms with Crippen LogP contribution < -0.4 is 5.32 Å². The predicted octanol–water partition coefficient (Wildman–Crippen LogP) is 2.43. The van der Waals surface area contributed by atoms with Crippen molar-refractivity contribution in [1.29, 1.82) is 0 Å². The van der Waals surface area contributed by atoms with Gasteiger partial charge in [-0.3, -0.25) is 9.59 Å². The molecule has 0 saturated heterocycles. The molecule has 1 fully saturated rings. The lowest BCUT2D eigenvalue weighted by molar-refractivity contribution is -0.135. The molecule has 1 aromatic rings. The highest BCUT2D eigenvalue weighted by atomic mass is 16.5. The van der Waals surface area contributed by atoms with Crippen LogP contribution in [0.4, 0.5) is 5.82 Å². The van der Waals surface area contributed by atoms with Gasteiger partial charge in [0, 0.05) is 19.0 Å². The standard InChI is InChI=1S/C15H23N3O3/c1-2-15(20)18(10-12-6-4-3-5-7-12)11-14(19)16-13-8-9-21-17-13/h8-9,12H,2-7,10-11H2,1H3,(H,16,17,19). The summed E-state index contributed by atoms with van der Waals surface area (Å²) in [6.07, 6.45) is 7.85. The highest BCUT2D eigenvalue weighted by Gasteiger charge is 2.22. The first-order valence-corrected chi connectivity index (χ1v) is 7.67. The summed E-state index contributed by atoms with van der Waals surface area (Å²) in [5, 5.41) is 6.26. The van der Waals surface area contributed by atoms with Crippen molar-refractivity contribution in [2.45, 2.75) is 45.4 Å². The van der Waals surface area contributed by atoms with Gasteiger partial charge in [-0.05, 0) is 18.8 Å². The van der Waals surface area contributed by atoms with Crippen LogP contribution in [0.5, 0.6) is 0 Å². The molecule has 0 aliphatic heterocycles. The first-order valence-electron chi connectivity index (χ1n) is 7.67. The largest absolute Gasteiger partial charge is 0.363 e. The highest BCUT2D eigenvalue weighted by molar-refractivity contribution is 5.93. The number of hydrogen-bond acceptors (Lipinski definition) is 4. The molecule has 2 rings (SSSR count). The van der Waals surface area contributed by atoms with Crippen LogP contribution in [-0.4, -0.2) is 35.0 Å². The van der Waals surface area contributed by atoms with E-state index in [1.807, 2.05) is 6.92 Å². The summed E-state index contributed by atoms with van der Waals surface area (Å²) in [5.41, 5.74) is 0. The molecular formula is C15H23N3O3. The van der Waals surface area contributed by atoms with Crippen LogP contribution in [0.1, 0.15) is 45.4 Å². The minimum absolute atomic E-state index is 0.0240. The average Bonchev–Trinajstić information content (AvgIpc) is 2.99. The second-order valence-electron chi connectivity index (χ2n) is 5.56. The van der Waals surface area contributed by atoms with Crippen LogP contribution in [0, 0.1) is 5.92 Å². The fraction of sp³-hybridized carbons (Fsp3) is 0.667. The third-order valence-corrected chi connectivity index (χ3v) is 3.90. The Balaban J connectivity index is 1.89. The molecule has 21 heavy (non-hydrogen) atoms. The highest BCUT2D eigenvalue weighted by Crippen LogP contribution is 2.24. The molecule has 0 radical (unpaired) electrons. The number of anilines is 1. The number of hydrogen-bond donors (Lipinski definition) is 1. The molecule has 0 spiro atoms. The second kappa shape index (κ2) is 7.81. The minimum atomic E-state index is -0.235. The molecule has 1 aliphatic rings. The van der Waals surface area contributed by atoms with E-state index in [1.54, 1.807) is 11.0 Å². The number of carbonyl (C=O) groups is 2. The van der Waals surface area contributed by atoms with Crippen molar-refractivity contribution in [3.05, 3.63) is 12.3 Å². The lowest BCUT2D eigenvalue weighted by atomic mass is 9.89. The van der Waals surface area contributed by atoms with Gasteiger partial charge >= 0.3 is 0 Å². The maximum atomic E-state index is 12.0. The molecule has 1 N–H and O–H groups in total. The van der Waals surface area contributed by atoms with E-state index in [4.69, 9.17) is 0 Å². The van der Waals surface area contributed by atoms with Gasteiger partial charge in [0.15, 0.2) is 5.82 Å². The summed E-state index contributed by atoms with van der Waals surface area (Å²) < 4.78 is 4.67. The van der Waals surface area contributed by atoms with Crippen LogP contribution in [0.15, 0.2) is 16.9 Å². The zero-order valence-electron chi connectivity index (χ0n) is 12.5. The molecule has 0 bridgehead atoms. The van der Waals surface area contributed by atoms with Crippen molar-refractivity contribution < 1.29 is 14.1 Å². The number of carbonyl (C=O) groups excluding carboxylic acids is 2. The smallest absolute Gasteiger partial charge is 0.245 e. The van der Waals surface area contributed by atoms with Crippen molar-refractivity contribution in [1.82, 2.24) is 10.1 Å². The van der Waals surface area contributed by atoms with E-state index >= 15 is 0 Å². The third kappa shape index (κ3) is 4.88. The summed E-state index contributed by atoms with van der Waals surface area (Å²) in [6, 6.07) is 1.57. The summed E-state index contributed by atoms with van der Waals surface area (Å²) in [5.74, 6) is 0.688. The van der Waals surface area contributed by atoms with E-state index in [2.05, 4.69) is 15.0 Å². The minimum Gasteiger partial charge on any atom is -0.363 e. The Morgan fingerprint density at radius 1 is 1.38 bits per heavy atom. The molecular weight excluding hydrogens is 270 g/mol. The van der Waals surface area contributed by atoms with E-state index in [0.717, 1.165) is 12.8 Å². The van der Waals surface area contributed by atoms with Gasteiger partial charge in [0.05, 0.1) is 6.54 Å². The Morgan fingerprint density at radius 2 is 2.14 bits per heavy atom. The summed E-state index contributed by atoms with van der Waals surface area (Å²) >= 11 is 0. The molecule has 0 aromatic carbocycles. The summed E-state index contributed by atoms with van der Waals surface area (Å²) in [4.78, 5) is 25.7. The molecule has 2 amide bonds. The second-order valence-corrected chi connectivity index (χ2v) is 5.56. The van der Waals surface area contributed by atoms with Gasteiger partial charge in [-0.1, -0.05) is 31.3 Å². The Bertz CT molecular complexity index is 453. The molecule has 0 atom stereocenters. The molecule has 116 valence electrons. The molecule has 1 aliphatic carbocycles. The first-order chi connectivity index (χ1) is 10.2. The van der Waals surface area contributed by atoms with Gasteiger partial charge in [-0.15, -0.1) is 0 Å². The number of amides is 2. The Labute approximate surface area is 124 Å². The fourth-order valence-electron chi connectivity index (χ4n) is 2.79. The van der Waals surface area contributed by atoms with E-state index in [0.29, 0.717) is 24.7 Å². The van der Waals surface area contributed by atoms with E-state index in [1.165, 1.54) is 25.5 Å². The number of nitrogens with zero attached hydrogens (tertiary/aromatic N) is 2. The molecule has 6 heteroatoms. The molecule has 1 aromatic heterocycles. The van der Waals surface area contributed by atoms with Crippen molar-refractivity contribution in [2.24, 2.45) is 5.92 Å². The maximum absolute atomic E-state index is 12.0. The zero-order valence-corrected chi connectivity index (χ0v) is 12.5. The van der Waals surface area contributed by atoms with Crippen LogP contribution >= 0.6 is 0 Å². The van der Waals surface area contributed by atoms with Crippen LogP contribution in [-0.2, 0) is 9.59 Å². The Kier molecular flexibility index (Phi) is 5.78. The van der Waals surface area contributed by atoms with Crippen molar-refractivity contribution in [2.75, 3.05) is 18.4 Å². The molecule has 6 nitrogen and oxygen atoms in total. The number of nitrogens with one attached hydrogen (secondary N) is 1. The van der Waals surface area contributed by atoms with Crippen molar-refractivity contribution in [3.63, 3.8) is 0 Å². The first kappa shape index (κ1) is 15.5. The van der Waals surface area contributed by atoms with Crippen LogP contribution in [0.25, 0.3) is 0 Å². The monoisotopic (exact) mass is 293 g/mol. The number of rotatable bonds is 6. The third-order valence-electron chi connectivity index (χ3n) is 3.90. The summed E-state index contributed by atoms with van der Waals surface area (Å²) in [7, 11) is 0. The van der Waals surface area contributed by atoms with E-state index < -0.39 is 0 Å². The maximum Gasteiger partial charge on any atom is 0.245 e. The normalized spacial score (nSPS) is 15.7. The zero-order chi connectivity index (χ0) is 15.1. The molecule has 1 saturated carbocycles. The predicted molar refractivity (Wildman–Crippen MR) is 78.6 cm³/mol. The lowest BCUT2D eigenvalue weighted by Gasteiger charge is -2.29. The average molecular weight is 293 g/mol. The quantitative estimate of drug-likeness (QED) is 0.874. The van der Waals surface area contributed by atoms with Crippen LogP contribution in [0.2, 0.25) is 0 Å². The van der Waals surface area contributed by atoms with Gasteiger partial charge in [0.1, 0.15) is 6.26 Å². The Hall–Kier alpha value is -1.85. The van der Waals surface area contributed by atoms with Gasteiger partial charge in [-0.2, -0.15) is 0 Å². The van der Waals surface area contributed by atoms with Crippen molar-refractivity contribution in [3.8, 4) is 0 Å². The Morgan fingerprint density at radius 3 is 2.76 bits per heavy atom. The lowest BCUT2D eigenvalue weighted by Crippen LogP contribution is -2.41. The van der Waals surface area contributed by atoms with Gasteiger partial charge in [0.25, 0.3) is 0 Å². The SMILES string of the molecule is CCC(=O)N(CC(=O)Nc1ccon1)CC1CCCCC1. The van der Waals surface area contributed by atoms with Gasteiger partial charge in [-0.25, -0.2) is 0 Å². The van der Waals surface area contributed by atoms with Gasteiger partial charge < -0.3 is 14.7 Å². The fourth-order valence-corrected chi connectivity index (χ4v) is 2.79. The van der Waals surface area contributed by atoms with E-state index in [-0.39, 0.29) is 18.4 Å². The molecule has 0 unspecified atom stereocenters. The topological polar surface area (TPSA) is 75.4 Å². The van der Waals surface area contributed by atoms with Gasteiger partial charge in [0.2, 0.25) is 11.8 Å².